The van der Waals surface area contributed by atoms with Crippen LogP contribution >= 0.6 is 50.3 Å². The first-order valence-corrected chi connectivity index (χ1v) is 14.1. The van der Waals surface area contributed by atoms with Crippen molar-refractivity contribution in [1.29, 1.82) is 0 Å². The maximum atomic E-state index is 12.6. The second kappa shape index (κ2) is 12.2. The van der Waals surface area contributed by atoms with Gasteiger partial charge in [-0.05, 0) is 111 Å². The average Bonchev–Trinajstić information content (AvgIpc) is 3.18. The highest BCUT2D eigenvalue weighted by Gasteiger charge is 2.27. The minimum absolute atomic E-state index is 0.106. The molecule has 0 radical (unpaired) electrons. The molecule has 1 amide bonds. The SMILES string of the molecule is CCOc1cc(/C=C2\S[C@H](Nc3ccc(CC)cc3)NC2=O)cc(Br)c1OCc1ccc(I)cc1. The Morgan fingerprint density at radius 1 is 1.06 bits per heavy atom. The van der Waals surface area contributed by atoms with E-state index < -0.39 is 0 Å². The first kappa shape index (κ1) is 25.9. The fourth-order valence-corrected chi connectivity index (χ4v) is 5.43. The number of carbonyl (C=O) groups is 1. The van der Waals surface area contributed by atoms with Gasteiger partial charge in [0.2, 0.25) is 0 Å². The second-order valence-corrected chi connectivity index (χ2v) is 11.1. The van der Waals surface area contributed by atoms with Crippen LogP contribution in [0, 0.1) is 3.57 Å². The Morgan fingerprint density at radius 3 is 2.46 bits per heavy atom. The molecule has 1 aliphatic heterocycles. The van der Waals surface area contributed by atoms with Gasteiger partial charge in [-0.25, -0.2) is 0 Å². The van der Waals surface area contributed by atoms with E-state index in [1.165, 1.54) is 20.9 Å². The average molecular weight is 665 g/mol. The van der Waals surface area contributed by atoms with Crippen molar-refractivity contribution in [3.05, 3.63) is 90.3 Å². The van der Waals surface area contributed by atoms with Crippen LogP contribution in [0.25, 0.3) is 6.08 Å². The zero-order valence-electron chi connectivity index (χ0n) is 19.4. The first-order valence-electron chi connectivity index (χ1n) is 11.3. The number of carbonyl (C=O) groups excluding carboxylic acids is 1. The number of hydrogen-bond acceptors (Lipinski definition) is 5. The van der Waals surface area contributed by atoms with Crippen molar-refractivity contribution in [2.45, 2.75) is 32.4 Å². The number of aryl methyl sites for hydroxylation is 1. The van der Waals surface area contributed by atoms with Gasteiger partial charge in [-0.3, -0.25) is 4.79 Å². The van der Waals surface area contributed by atoms with Crippen molar-refractivity contribution in [1.82, 2.24) is 5.32 Å². The van der Waals surface area contributed by atoms with Crippen molar-refractivity contribution in [2.24, 2.45) is 0 Å². The number of anilines is 1. The first-order chi connectivity index (χ1) is 16.9. The molecule has 1 saturated heterocycles. The zero-order chi connectivity index (χ0) is 24.8. The molecule has 0 bridgehead atoms. The van der Waals surface area contributed by atoms with Crippen LogP contribution < -0.4 is 20.1 Å². The standard InChI is InChI=1S/C27H26BrIN2O3S/c1-3-17-7-11-21(12-8-17)30-27-31-26(32)24(35-27)15-19-13-22(28)25(23(14-19)33-4-2)34-16-18-5-9-20(29)10-6-18/h5-15,27,30H,3-4,16H2,1-2H3,(H,31,32)/b24-15-/t27-/m1/s1. The van der Waals surface area contributed by atoms with Crippen LogP contribution in [0.4, 0.5) is 5.69 Å². The maximum absolute atomic E-state index is 12.6. The third-order valence-corrected chi connectivity index (χ3v) is 7.65. The normalized spacial score (nSPS) is 16.3. The quantitative estimate of drug-likeness (QED) is 0.187. The summed E-state index contributed by atoms with van der Waals surface area (Å²) in [5, 5.41) is 6.35. The highest BCUT2D eigenvalue weighted by Crippen LogP contribution is 2.39. The number of amides is 1. The summed E-state index contributed by atoms with van der Waals surface area (Å²) in [6, 6.07) is 20.3. The molecule has 35 heavy (non-hydrogen) atoms. The van der Waals surface area contributed by atoms with Gasteiger partial charge in [-0.1, -0.05) is 43.0 Å². The molecule has 182 valence electrons. The Hall–Kier alpha value is -2.17. The van der Waals surface area contributed by atoms with E-state index in [1.54, 1.807) is 0 Å². The molecule has 3 aromatic carbocycles. The van der Waals surface area contributed by atoms with Gasteiger partial charge >= 0.3 is 0 Å². The Balaban J connectivity index is 1.48. The van der Waals surface area contributed by atoms with Gasteiger partial charge in [0.15, 0.2) is 17.0 Å². The third kappa shape index (κ3) is 6.95. The highest BCUT2D eigenvalue weighted by molar-refractivity contribution is 14.1. The lowest BCUT2D eigenvalue weighted by molar-refractivity contribution is -0.116. The van der Waals surface area contributed by atoms with E-state index in [9.17, 15) is 4.79 Å². The summed E-state index contributed by atoms with van der Waals surface area (Å²) in [6.07, 6.45) is 2.87. The van der Waals surface area contributed by atoms with Crippen LogP contribution in [0.3, 0.4) is 0 Å². The van der Waals surface area contributed by atoms with Crippen molar-refractivity contribution in [3.8, 4) is 11.5 Å². The summed E-state index contributed by atoms with van der Waals surface area (Å²) in [5.41, 5.74) is 3.95. The summed E-state index contributed by atoms with van der Waals surface area (Å²) in [6.45, 7) is 5.00. The highest BCUT2D eigenvalue weighted by atomic mass is 127. The molecule has 1 aliphatic rings. The monoisotopic (exact) mass is 664 g/mol. The zero-order valence-corrected chi connectivity index (χ0v) is 24.0. The fraction of sp³-hybridized carbons (Fsp3) is 0.222. The molecular formula is C27H26BrIN2O3S. The van der Waals surface area contributed by atoms with E-state index in [4.69, 9.17) is 9.47 Å². The minimum atomic E-state index is -0.229. The van der Waals surface area contributed by atoms with Crippen LogP contribution in [-0.2, 0) is 17.8 Å². The van der Waals surface area contributed by atoms with Gasteiger partial charge in [0.1, 0.15) is 6.61 Å². The summed E-state index contributed by atoms with van der Waals surface area (Å²) >= 11 is 7.37. The van der Waals surface area contributed by atoms with Gasteiger partial charge in [0, 0.05) is 9.26 Å². The number of halogens is 2. The van der Waals surface area contributed by atoms with Crippen LogP contribution in [0.5, 0.6) is 11.5 Å². The molecule has 0 unspecified atom stereocenters. The molecule has 1 atom stereocenters. The molecular weight excluding hydrogens is 639 g/mol. The lowest BCUT2D eigenvalue weighted by atomic mass is 10.1. The Labute approximate surface area is 232 Å². The number of ether oxygens (including phenoxy) is 2. The Bertz CT molecular complexity index is 1220. The predicted octanol–water partition coefficient (Wildman–Crippen LogP) is 7.19. The topological polar surface area (TPSA) is 59.6 Å². The maximum Gasteiger partial charge on any atom is 0.260 e. The molecule has 2 N–H and O–H groups in total. The molecule has 1 heterocycles. The summed E-state index contributed by atoms with van der Waals surface area (Å²) in [7, 11) is 0. The number of hydrogen-bond donors (Lipinski definition) is 2. The lowest BCUT2D eigenvalue weighted by Crippen LogP contribution is -2.30. The van der Waals surface area contributed by atoms with E-state index in [0.717, 1.165) is 27.7 Å². The van der Waals surface area contributed by atoms with Crippen molar-refractivity contribution < 1.29 is 14.3 Å². The Morgan fingerprint density at radius 2 is 1.77 bits per heavy atom. The molecule has 1 fully saturated rings. The smallest absolute Gasteiger partial charge is 0.260 e. The van der Waals surface area contributed by atoms with E-state index in [2.05, 4.69) is 80.3 Å². The van der Waals surface area contributed by atoms with E-state index in [0.29, 0.717) is 29.6 Å². The largest absolute Gasteiger partial charge is 0.490 e. The molecule has 8 heteroatoms. The molecule has 4 rings (SSSR count). The van der Waals surface area contributed by atoms with Gasteiger partial charge in [0.05, 0.1) is 16.0 Å². The van der Waals surface area contributed by atoms with E-state index in [-0.39, 0.29) is 11.4 Å². The fourth-order valence-electron chi connectivity index (χ4n) is 3.52. The minimum Gasteiger partial charge on any atom is -0.490 e. The number of thioether (sulfide) groups is 1. The molecule has 0 aromatic heterocycles. The second-order valence-electron chi connectivity index (χ2n) is 7.85. The van der Waals surface area contributed by atoms with E-state index >= 15 is 0 Å². The van der Waals surface area contributed by atoms with Crippen LogP contribution in [0.15, 0.2) is 70.0 Å². The van der Waals surface area contributed by atoms with Gasteiger partial charge < -0.3 is 20.1 Å². The molecule has 3 aromatic rings. The van der Waals surface area contributed by atoms with Gasteiger partial charge in [0.25, 0.3) is 5.91 Å². The summed E-state index contributed by atoms with van der Waals surface area (Å²) in [5.74, 6) is 1.17. The molecule has 0 spiro atoms. The lowest BCUT2D eigenvalue weighted by Gasteiger charge is -2.15. The summed E-state index contributed by atoms with van der Waals surface area (Å²) in [4.78, 5) is 13.3. The Kier molecular flexibility index (Phi) is 9.02. The molecule has 0 aliphatic carbocycles. The predicted molar refractivity (Wildman–Crippen MR) is 156 cm³/mol. The molecule has 5 nitrogen and oxygen atoms in total. The van der Waals surface area contributed by atoms with Crippen molar-refractivity contribution in [2.75, 3.05) is 11.9 Å². The van der Waals surface area contributed by atoms with Crippen LogP contribution in [-0.4, -0.2) is 18.0 Å². The van der Waals surface area contributed by atoms with Crippen molar-refractivity contribution >= 4 is 68.0 Å². The summed E-state index contributed by atoms with van der Waals surface area (Å²) < 4.78 is 13.9. The van der Waals surface area contributed by atoms with Crippen LogP contribution in [0.1, 0.15) is 30.5 Å². The van der Waals surface area contributed by atoms with Gasteiger partial charge in [-0.15, -0.1) is 0 Å². The van der Waals surface area contributed by atoms with Crippen molar-refractivity contribution in [3.63, 3.8) is 0 Å². The molecule has 0 saturated carbocycles. The van der Waals surface area contributed by atoms with E-state index in [1.807, 2.05) is 49.4 Å². The third-order valence-electron chi connectivity index (χ3n) is 5.32. The van der Waals surface area contributed by atoms with Crippen LogP contribution in [0.2, 0.25) is 0 Å². The number of benzene rings is 3. The number of rotatable bonds is 9. The van der Waals surface area contributed by atoms with Gasteiger partial charge in [-0.2, -0.15) is 0 Å². The number of nitrogens with one attached hydrogen (secondary N) is 2.